The number of methoxy groups -OCH3 is 2. The summed E-state index contributed by atoms with van der Waals surface area (Å²) in [7, 11) is 2.87. The number of aryl methyl sites for hydroxylation is 2. The molecule has 0 aliphatic rings. The quantitative estimate of drug-likeness (QED) is 0.476. The molecular formula is C15H20O4. The van der Waals surface area contributed by atoms with Crippen molar-refractivity contribution >= 4 is 11.8 Å². The zero-order chi connectivity index (χ0) is 14.8. The summed E-state index contributed by atoms with van der Waals surface area (Å²) in [5.41, 5.74) is 1.03. The second kappa shape index (κ2) is 5.43. The molecule has 1 aromatic rings. The summed E-state index contributed by atoms with van der Waals surface area (Å²) < 4.78 is 9.94. The van der Waals surface area contributed by atoms with Crippen molar-refractivity contribution in [3.8, 4) is 5.75 Å². The Morgan fingerprint density at radius 2 is 1.53 bits per heavy atom. The van der Waals surface area contributed by atoms with Crippen LogP contribution in [0.15, 0.2) is 12.1 Å². The van der Waals surface area contributed by atoms with Gasteiger partial charge < -0.3 is 9.47 Å². The van der Waals surface area contributed by atoms with Gasteiger partial charge >= 0.3 is 5.97 Å². The predicted octanol–water partition coefficient (Wildman–Crippen LogP) is 2.69. The molecule has 0 fully saturated rings. The number of hydrogen-bond donors (Lipinski definition) is 0. The van der Waals surface area contributed by atoms with Crippen molar-refractivity contribution < 1.29 is 19.1 Å². The number of rotatable bonds is 4. The van der Waals surface area contributed by atoms with Crippen LogP contribution >= 0.6 is 0 Å². The van der Waals surface area contributed by atoms with Crippen LogP contribution in [0.2, 0.25) is 0 Å². The summed E-state index contributed by atoms with van der Waals surface area (Å²) in [4.78, 5) is 24.1. The molecule has 0 aromatic heterocycles. The van der Waals surface area contributed by atoms with Crippen molar-refractivity contribution in [2.45, 2.75) is 27.7 Å². The van der Waals surface area contributed by atoms with E-state index in [0.29, 0.717) is 5.56 Å². The van der Waals surface area contributed by atoms with Crippen LogP contribution in [-0.2, 0) is 9.53 Å². The lowest BCUT2D eigenvalue weighted by Crippen LogP contribution is -2.34. The molecule has 19 heavy (non-hydrogen) atoms. The predicted molar refractivity (Wildman–Crippen MR) is 72.6 cm³/mol. The Bertz CT molecular complexity index is 492. The number of Topliss-reactive ketones (excluding diaryl/α,β-unsaturated/α-hetero) is 1. The van der Waals surface area contributed by atoms with Gasteiger partial charge in [0.25, 0.3) is 0 Å². The third-order valence-corrected chi connectivity index (χ3v) is 3.19. The molecule has 0 aliphatic heterocycles. The molecule has 0 aliphatic carbocycles. The van der Waals surface area contributed by atoms with Crippen LogP contribution in [0.1, 0.15) is 35.3 Å². The molecule has 104 valence electrons. The van der Waals surface area contributed by atoms with Crippen molar-refractivity contribution in [3.63, 3.8) is 0 Å². The molecule has 0 atom stereocenters. The lowest BCUT2D eigenvalue weighted by Gasteiger charge is -2.21. The smallest absolute Gasteiger partial charge is 0.319 e. The van der Waals surface area contributed by atoms with Crippen LogP contribution in [0.25, 0.3) is 0 Å². The van der Waals surface area contributed by atoms with E-state index in [4.69, 9.17) is 4.74 Å². The van der Waals surface area contributed by atoms with Gasteiger partial charge in [0.1, 0.15) is 11.2 Å². The fourth-order valence-electron chi connectivity index (χ4n) is 2.11. The Morgan fingerprint density at radius 3 is 1.89 bits per heavy atom. The maximum absolute atomic E-state index is 12.4. The second-order valence-electron chi connectivity index (χ2n) is 5.09. The van der Waals surface area contributed by atoms with Crippen LogP contribution in [-0.4, -0.2) is 26.0 Å². The molecule has 4 heteroatoms. The van der Waals surface area contributed by atoms with E-state index >= 15 is 0 Å². The number of ether oxygens (including phenoxy) is 2. The SMILES string of the molecule is COC(=O)C(C)(C)C(=O)c1cc(C)c(OC)c(C)c1. The zero-order valence-corrected chi connectivity index (χ0v) is 12.3. The summed E-state index contributed by atoms with van der Waals surface area (Å²) >= 11 is 0. The largest absolute Gasteiger partial charge is 0.496 e. The van der Waals surface area contributed by atoms with Gasteiger partial charge in [-0.05, 0) is 51.0 Å². The lowest BCUT2D eigenvalue weighted by molar-refractivity contribution is -0.147. The third-order valence-electron chi connectivity index (χ3n) is 3.19. The minimum Gasteiger partial charge on any atom is -0.496 e. The van der Waals surface area contributed by atoms with Crippen LogP contribution in [0.4, 0.5) is 0 Å². The van der Waals surface area contributed by atoms with Gasteiger partial charge in [0.2, 0.25) is 0 Å². The maximum atomic E-state index is 12.4. The molecule has 0 saturated heterocycles. The number of benzene rings is 1. The summed E-state index contributed by atoms with van der Waals surface area (Å²) in [5.74, 6) is -0.0377. The Morgan fingerprint density at radius 1 is 1.05 bits per heavy atom. The topological polar surface area (TPSA) is 52.6 Å². The third kappa shape index (κ3) is 2.78. The van der Waals surface area contributed by atoms with Crippen molar-refractivity contribution in [2.75, 3.05) is 14.2 Å². The van der Waals surface area contributed by atoms with E-state index in [1.165, 1.54) is 7.11 Å². The highest BCUT2D eigenvalue weighted by Crippen LogP contribution is 2.29. The number of esters is 1. The lowest BCUT2D eigenvalue weighted by atomic mass is 9.83. The fourth-order valence-corrected chi connectivity index (χ4v) is 2.11. The molecule has 0 N–H and O–H groups in total. The fraction of sp³-hybridized carbons (Fsp3) is 0.467. The van der Waals surface area contributed by atoms with Crippen LogP contribution in [0.3, 0.4) is 0 Å². The summed E-state index contributed by atoms with van der Waals surface area (Å²) in [6.45, 7) is 6.87. The highest BCUT2D eigenvalue weighted by molar-refractivity contribution is 6.12. The first-order valence-electron chi connectivity index (χ1n) is 6.04. The molecule has 0 amide bonds. The van der Waals surface area contributed by atoms with E-state index in [-0.39, 0.29) is 5.78 Å². The number of carbonyl (C=O) groups is 2. The Balaban J connectivity index is 3.25. The first-order valence-corrected chi connectivity index (χ1v) is 6.04. The molecule has 0 saturated carbocycles. The molecule has 0 heterocycles. The van der Waals surface area contributed by atoms with Gasteiger partial charge in [-0.1, -0.05) is 0 Å². The van der Waals surface area contributed by atoms with Gasteiger partial charge in [0.15, 0.2) is 5.78 Å². The van der Waals surface area contributed by atoms with Crippen LogP contribution in [0, 0.1) is 19.3 Å². The number of hydrogen-bond acceptors (Lipinski definition) is 4. The van der Waals surface area contributed by atoms with E-state index in [0.717, 1.165) is 16.9 Å². The minimum atomic E-state index is -1.19. The van der Waals surface area contributed by atoms with E-state index in [1.807, 2.05) is 13.8 Å². The minimum absolute atomic E-state index is 0.256. The molecule has 1 rings (SSSR count). The van der Waals surface area contributed by atoms with Gasteiger partial charge in [-0.15, -0.1) is 0 Å². The molecule has 0 spiro atoms. The first-order chi connectivity index (χ1) is 8.75. The summed E-state index contributed by atoms with van der Waals surface area (Å²) in [6, 6.07) is 3.47. The van der Waals surface area contributed by atoms with Crippen molar-refractivity contribution in [1.82, 2.24) is 0 Å². The summed E-state index contributed by atoms with van der Waals surface area (Å²) in [6.07, 6.45) is 0. The Labute approximate surface area is 113 Å². The van der Waals surface area contributed by atoms with E-state index < -0.39 is 11.4 Å². The second-order valence-corrected chi connectivity index (χ2v) is 5.09. The molecule has 0 unspecified atom stereocenters. The zero-order valence-electron chi connectivity index (χ0n) is 12.3. The maximum Gasteiger partial charge on any atom is 0.319 e. The number of ketones is 1. The van der Waals surface area contributed by atoms with Gasteiger partial charge in [0, 0.05) is 5.56 Å². The van der Waals surface area contributed by atoms with Gasteiger partial charge in [-0.25, -0.2) is 0 Å². The standard InChI is InChI=1S/C15H20O4/c1-9-7-11(8-10(2)12(9)18-5)13(16)15(3,4)14(17)19-6/h7-8H,1-6H3. The molecule has 0 bridgehead atoms. The van der Waals surface area contributed by atoms with E-state index in [2.05, 4.69) is 4.74 Å². The van der Waals surface area contributed by atoms with E-state index in [9.17, 15) is 9.59 Å². The highest BCUT2D eigenvalue weighted by atomic mass is 16.5. The first kappa shape index (κ1) is 15.2. The van der Waals surface area contributed by atoms with E-state index in [1.54, 1.807) is 33.1 Å². The van der Waals surface area contributed by atoms with Crippen molar-refractivity contribution in [2.24, 2.45) is 5.41 Å². The number of carbonyl (C=O) groups excluding carboxylic acids is 2. The van der Waals surface area contributed by atoms with Crippen molar-refractivity contribution in [1.29, 1.82) is 0 Å². The average Bonchev–Trinajstić information content (AvgIpc) is 2.36. The molecule has 4 nitrogen and oxygen atoms in total. The monoisotopic (exact) mass is 264 g/mol. The summed E-state index contributed by atoms with van der Waals surface area (Å²) in [5, 5.41) is 0. The van der Waals surface area contributed by atoms with Crippen molar-refractivity contribution in [3.05, 3.63) is 28.8 Å². The van der Waals surface area contributed by atoms with Gasteiger partial charge in [0.05, 0.1) is 14.2 Å². The van der Waals surface area contributed by atoms with Crippen LogP contribution < -0.4 is 4.74 Å². The van der Waals surface area contributed by atoms with Gasteiger partial charge in [-0.3, -0.25) is 9.59 Å². The Hall–Kier alpha value is -1.84. The Kier molecular flexibility index (Phi) is 4.35. The highest BCUT2D eigenvalue weighted by Gasteiger charge is 2.38. The normalized spacial score (nSPS) is 11.1. The molecule has 1 aromatic carbocycles. The van der Waals surface area contributed by atoms with Crippen LogP contribution in [0.5, 0.6) is 5.75 Å². The average molecular weight is 264 g/mol. The van der Waals surface area contributed by atoms with Gasteiger partial charge in [-0.2, -0.15) is 0 Å². The molecule has 0 radical (unpaired) electrons. The molecular weight excluding hydrogens is 244 g/mol.